The zero-order valence-electron chi connectivity index (χ0n) is 15.7. The maximum Gasteiger partial charge on any atom is 0.0953 e. The number of imidazole rings is 1. The highest BCUT2D eigenvalue weighted by Crippen LogP contribution is 2.29. The molecule has 0 bridgehead atoms. The Kier molecular flexibility index (Phi) is 7.04. The Bertz CT molecular complexity index is 675. The van der Waals surface area contributed by atoms with Gasteiger partial charge in [-0.15, -0.1) is 12.4 Å². The molecule has 1 fully saturated rings. The van der Waals surface area contributed by atoms with Gasteiger partial charge in [0.05, 0.1) is 37.1 Å². The van der Waals surface area contributed by atoms with E-state index in [1.54, 1.807) is 0 Å². The molecule has 7 heteroatoms. The summed E-state index contributed by atoms with van der Waals surface area (Å²) >= 11 is 0. The average molecular weight is 368 g/mol. The molecule has 25 heavy (non-hydrogen) atoms. The Hall–Kier alpha value is -1.37. The van der Waals surface area contributed by atoms with Gasteiger partial charge in [-0.05, 0) is 27.2 Å². The molecule has 0 spiro atoms. The first-order chi connectivity index (χ1) is 11.6. The third kappa shape index (κ3) is 4.25. The van der Waals surface area contributed by atoms with E-state index in [1.165, 1.54) is 17.0 Å². The smallest absolute Gasteiger partial charge is 0.0953 e. The van der Waals surface area contributed by atoms with Crippen molar-refractivity contribution in [2.24, 2.45) is 0 Å². The normalized spacial score (nSPS) is 16.6. The summed E-state index contributed by atoms with van der Waals surface area (Å²) in [6, 6.07) is 0.369. The van der Waals surface area contributed by atoms with E-state index in [-0.39, 0.29) is 12.4 Å². The Morgan fingerprint density at radius 1 is 1.24 bits per heavy atom. The van der Waals surface area contributed by atoms with E-state index in [1.807, 2.05) is 12.5 Å². The Morgan fingerprint density at radius 2 is 1.96 bits per heavy atom. The van der Waals surface area contributed by atoms with E-state index in [0.29, 0.717) is 6.04 Å². The van der Waals surface area contributed by atoms with E-state index >= 15 is 0 Å². The molecule has 3 heterocycles. The van der Waals surface area contributed by atoms with Crippen LogP contribution in [-0.4, -0.2) is 57.1 Å². The molecule has 1 unspecified atom stereocenters. The summed E-state index contributed by atoms with van der Waals surface area (Å²) in [7, 11) is 0. The van der Waals surface area contributed by atoms with E-state index < -0.39 is 0 Å². The second-order valence-corrected chi connectivity index (χ2v) is 6.72. The maximum absolute atomic E-state index is 5.45. The maximum atomic E-state index is 5.45. The lowest BCUT2D eigenvalue weighted by molar-refractivity contribution is 0.0326. The van der Waals surface area contributed by atoms with E-state index in [9.17, 15) is 0 Å². The topological polar surface area (TPSA) is 48.1 Å². The van der Waals surface area contributed by atoms with Gasteiger partial charge in [0.1, 0.15) is 0 Å². The van der Waals surface area contributed by atoms with Crippen LogP contribution in [0.15, 0.2) is 12.5 Å². The number of hydrogen-bond acceptors (Lipinski definition) is 4. The summed E-state index contributed by atoms with van der Waals surface area (Å²) in [4.78, 5) is 6.90. The van der Waals surface area contributed by atoms with Crippen LogP contribution in [0.25, 0.3) is 11.3 Å². The minimum Gasteiger partial charge on any atom is -0.379 e. The van der Waals surface area contributed by atoms with Crippen LogP contribution in [0.2, 0.25) is 0 Å². The number of ether oxygens (including phenoxy) is 1. The lowest BCUT2D eigenvalue weighted by atomic mass is 10.1. The highest BCUT2D eigenvalue weighted by Gasteiger charge is 2.21. The van der Waals surface area contributed by atoms with Crippen LogP contribution in [0, 0.1) is 13.8 Å². The third-order valence-corrected chi connectivity index (χ3v) is 4.84. The zero-order chi connectivity index (χ0) is 17.1. The van der Waals surface area contributed by atoms with E-state index in [4.69, 9.17) is 9.84 Å². The summed E-state index contributed by atoms with van der Waals surface area (Å²) in [6.45, 7) is 14.4. The van der Waals surface area contributed by atoms with Crippen LogP contribution in [0.4, 0.5) is 0 Å². The van der Waals surface area contributed by atoms with Crippen LogP contribution >= 0.6 is 12.4 Å². The summed E-state index contributed by atoms with van der Waals surface area (Å²) in [5.41, 5.74) is 4.72. The Morgan fingerprint density at radius 3 is 2.64 bits per heavy atom. The molecule has 0 radical (unpaired) electrons. The van der Waals surface area contributed by atoms with Crippen molar-refractivity contribution in [3.8, 4) is 11.3 Å². The van der Waals surface area contributed by atoms with Gasteiger partial charge >= 0.3 is 0 Å². The van der Waals surface area contributed by atoms with Crippen molar-refractivity contribution in [2.75, 3.05) is 32.8 Å². The number of hydrogen-bond donors (Lipinski definition) is 0. The van der Waals surface area contributed by atoms with Crippen molar-refractivity contribution in [1.29, 1.82) is 0 Å². The van der Waals surface area contributed by atoms with Crippen LogP contribution in [0.5, 0.6) is 0 Å². The molecule has 1 atom stereocenters. The SMILES string of the molecule is CCCn1nc(C)c(-c2cncn2C(C)CN2CCOCC2)c1C.Cl. The van der Waals surface area contributed by atoms with Gasteiger partial charge in [-0.2, -0.15) is 5.10 Å². The van der Waals surface area contributed by atoms with Crippen LogP contribution < -0.4 is 0 Å². The second kappa shape index (κ2) is 8.83. The standard InChI is InChI=1S/C18H29N5O.ClH/c1-5-6-23-16(4)18(15(3)20-23)17-11-19-13-22(17)14(2)12-21-7-9-24-10-8-21;/h11,13-14H,5-10,12H2,1-4H3;1H. The summed E-state index contributed by atoms with van der Waals surface area (Å²) in [5.74, 6) is 0. The van der Waals surface area contributed by atoms with Gasteiger partial charge in [-0.3, -0.25) is 9.58 Å². The van der Waals surface area contributed by atoms with E-state index in [0.717, 1.165) is 51.5 Å². The number of nitrogens with zero attached hydrogens (tertiary/aromatic N) is 5. The molecule has 2 aromatic rings. The molecule has 6 nitrogen and oxygen atoms in total. The average Bonchev–Trinajstić information content (AvgIpc) is 3.14. The molecular formula is C18H30ClN5O. The quantitative estimate of drug-likeness (QED) is 0.787. The lowest BCUT2D eigenvalue weighted by Gasteiger charge is -2.30. The number of rotatable bonds is 6. The molecule has 0 N–H and O–H groups in total. The fourth-order valence-corrected chi connectivity index (χ4v) is 3.59. The van der Waals surface area contributed by atoms with Gasteiger partial charge in [0.25, 0.3) is 0 Å². The molecule has 0 saturated carbocycles. The number of aromatic nitrogens is 4. The summed E-state index contributed by atoms with van der Waals surface area (Å²) in [5, 5.41) is 4.72. The third-order valence-electron chi connectivity index (χ3n) is 4.84. The Balaban J connectivity index is 0.00000225. The predicted octanol–water partition coefficient (Wildman–Crippen LogP) is 3.09. The first kappa shape index (κ1) is 19.9. The van der Waals surface area contributed by atoms with Gasteiger partial charge < -0.3 is 9.30 Å². The van der Waals surface area contributed by atoms with Gasteiger partial charge in [-0.25, -0.2) is 4.98 Å². The second-order valence-electron chi connectivity index (χ2n) is 6.72. The van der Waals surface area contributed by atoms with Gasteiger partial charge in [0.2, 0.25) is 0 Å². The molecular weight excluding hydrogens is 338 g/mol. The first-order valence-electron chi connectivity index (χ1n) is 8.98. The molecule has 0 aliphatic carbocycles. The van der Waals surface area contributed by atoms with Crippen molar-refractivity contribution in [2.45, 2.75) is 46.7 Å². The molecule has 1 saturated heterocycles. The fraction of sp³-hybridized carbons (Fsp3) is 0.667. The molecule has 3 rings (SSSR count). The van der Waals surface area contributed by atoms with Crippen LogP contribution in [0.3, 0.4) is 0 Å². The van der Waals surface area contributed by atoms with Crippen molar-refractivity contribution in [1.82, 2.24) is 24.2 Å². The summed E-state index contributed by atoms with van der Waals surface area (Å²) in [6.07, 6.45) is 5.02. The lowest BCUT2D eigenvalue weighted by Crippen LogP contribution is -2.39. The minimum absolute atomic E-state index is 0. The molecule has 2 aromatic heterocycles. The summed E-state index contributed by atoms with van der Waals surface area (Å²) < 4.78 is 9.86. The van der Waals surface area contributed by atoms with Gasteiger partial charge in [0.15, 0.2) is 0 Å². The van der Waals surface area contributed by atoms with E-state index in [2.05, 4.69) is 46.8 Å². The van der Waals surface area contributed by atoms with Gasteiger partial charge in [0, 0.05) is 43.5 Å². The van der Waals surface area contributed by atoms with Crippen LogP contribution in [0.1, 0.15) is 37.7 Å². The number of morpholine rings is 1. The van der Waals surface area contributed by atoms with Crippen molar-refractivity contribution >= 4 is 12.4 Å². The van der Waals surface area contributed by atoms with Crippen molar-refractivity contribution < 1.29 is 4.74 Å². The van der Waals surface area contributed by atoms with Gasteiger partial charge in [-0.1, -0.05) is 6.92 Å². The van der Waals surface area contributed by atoms with Crippen molar-refractivity contribution in [3.05, 3.63) is 23.9 Å². The largest absolute Gasteiger partial charge is 0.379 e. The monoisotopic (exact) mass is 367 g/mol. The fourth-order valence-electron chi connectivity index (χ4n) is 3.59. The molecule has 140 valence electrons. The predicted molar refractivity (Wildman–Crippen MR) is 102 cm³/mol. The molecule has 0 aromatic carbocycles. The highest BCUT2D eigenvalue weighted by molar-refractivity contribution is 5.85. The molecule has 0 amide bonds. The molecule has 1 aliphatic rings. The zero-order valence-corrected chi connectivity index (χ0v) is 16.6. The molecule has 1 aliphatic heterocycles. The first-order valence-corrected chi connectivity index (χ1v) is 8.98. The number of halogens is 1. The van der Waals surface area contributed by atoms with Crippen LogP contribution in [-0.2, 0) is 11.3 Å². The Labute approximate surface area is 156 Å². The van der Waals surface area contributed by atoms with Crippen molar-refractivity contribution in [3.63, 3.8) is 0 Å². The number of aryl methyl sites for hydroxylation is 2. The minimum atomic E-state index is 0. The highest BCUT2D eigenvalue weighted by atomic mass is 35.5.